The monoisotopic (exact) mass is 487 g/mol. The molecule has 2 heterocycles. The number of methoxy groups -OCH3 is 1. The molecule has 0 aliphatic heterocycles. The lowest BCUT2D eigenvalue weighted by atomic mass is 10.2. The molecule has 0 aliphatic rings. The van der Waals surface area contributed by atoms with E-state index in [0.717, 1.165) is 0 Å². The van der Waals surface area contributed by atoms with E-state index in [1.165, 1.54) is 28.5 Å². The van der Waals surface area contributed by atoms with Crippen LogP contribution in [0.5, 0.6) is 5.75 Å². The van der Waals surface area contributed by atoms with E-state index in [-0.39, 0.29) is 17.0 Å². The van der Waals surface area contributed by atoms with Crippen LogP contribution in [0.4, 0.5) is 5.69 Å². The minimum Gasteiger partial charge on any atom is -0.497 e. The Kier molecular flexibility index (Phi) is 5.98. The zero-order chi connectivity index (χ0) is 24.4. The summed E-state index contributed by atoms with van der Waals surface area (Å²) in [4.78, 5) is 32.9. The van der Waals surface area contributed by atoms with Crippen molar-refractivity contribution in [3.8, 4) is 22.8 Å². The number of hydrogen-bond acceptors (Lipinski definition) is 9. The Morgan fingerprint density at radius 2 is 1.86 bits per heavy atom. The average molecular weight is 487 g/mol. The van der Waals surface area contributed by atoms with E-state index >= 15 is 0 Å². The molecule has 5 aromatic rings. The number of aromatic nitrogens is 4. The van der Waals surface area contributed by atoms with Crippen LogP contribution in [0.25, 0.3) is 28.0 Å². The van der Waals surface area contributed by atoms with Gasteiger partial charge in [0.1, 0.15) is 5.75 Å². The summed E-state index contributed by atoms with van der Waals surface area (Å²) in [7, 11) is 1.56. The van der Waals surface area contributed by atoms with E-state index in [0.29, 0.717) is 44.8 Å². The van der Waals surface area contributed by atoms with Crippen molar-refractivity contribution in [3.63, 3.8) is 0 Å². The second-order valence-electron chi connectivity index (χ2n) is 7.36. The molecule has 5 rings (SSSR count). The minimum absolute atomic E-state index is 0.0223. The smallest absolute Gasteiger partial charge is 0.269 e. The number of nitro groups is 1. The van der Waals surface area contributed by atoms with Gasteiger partial charge in [0.05, 0.1) is 34.4 Å². The van der Waals surface area contributed by atoms with Crippen molar-refractivity contribution < 1.29 is 14.2 Å². The predicted octanol–water partition coefficient (Wildman–Crippen LogP) is 4.64. The summed E-state index contributed by atoms with van der Waals surface area (Å²) in [5, 5.41) is 15.8. The molecule has 2 aromatic heterocycles. The Morgan fingerprint density at radius 3 is 2.63 bits per heavy atom. The van der Waals surface area contributed by atoms with Crippen molar-refractivity contribution in [2.24, 2.45) is 0 Å². The predicted molar refractivity (Wildman–Crippen MR) is 130 cm³/mol. The van der Waals surface area contributed by atoms with E-state index < -0.39 is 4.92 Å². The molecule has 3 aromatic carbocycles. The van der Waals surface area contributed by atoms with Gasteiger partial charge in [-0.15, -0.1) is 0 Å². The van der Waals surface area contributed by atoms with Gasteiger partial charge in [0.25, 0.3) is 11.2 Å². The SMILES string of the molecule is COc1cccc(-n2c(SCc3nc(-c4ccc([N+](=O)[O-])cc4)no3)nc3ccccc3c2=O)c1. The first-order valence-corrected chi connectivity index (χ1v) is 11.4. The quantitative estimate of drug-likeness (QED) is 0.140. The standard InChI is InChI=1S/C24H17N5O5S/c1-33-18-6-4-5-17(13-18)28-23(30)19-7-2-3-8-20(19)25-24(28)35-14-21-26-22(27-34-21)15-9-11-16(12-10-15)29(31)32/h2-13H,14H2,1H3. The summed E-state index contributed by atoms with van der Waals surface area (Å²) in [6.45, 7) is 0. The van der Waals surface area contributed by atoms with Crippen LogP contribution in [0.3, 0.4) is 0 Å². The molecule has 0 radical (unpaired) electrons. The van der Waals surface area contributed by atoms with Crippen LogP contribution in [0.2, 0.25) is 0 Å². The third kappa shape index (κ3) is 4.49. The highest BCUT2D eigenvalue weighted by atomic mass is 32.2. The number of nitrogens with zero attached hydrogens (tertiary/aromatic N) is 5. The number of para-hydroxylation sites is 1. The fourth-order valence-corrected chi connectivity index (χ4v) is 4.33. The van der Waals surface area contributed by atoms with E-state index in [9.17, 15) is 14.9 Å². The number of fused-ring (bicyclic) bond motifs is 1. The second kappa shape index (κ2) is 9.39. The molecule has 10 nitrogen and oxygen atoms in total. The zero-order valence-electron chi connectivity index (χ0n) is 18.3. The van der Waals surface area contributed by atoms with Crippen molar-refractivity contribution in [1.82, 2.24) is 19.7 Å². The highest BCUT2D eigenvalue weighted by Crippen LogP contribution is 2.27. The van der Waals surface area contributed by atoms with Gasteiger partial charge < -0.3 is 9.26 Å². The maximum absolute atomic E-state index is 13.4. The maximum Gasteiger partial charge on any atom is 0.269 e. The summed E-state index contributed by atoms with van der Waals surface area (Å²) < 4.78 is 12.2. The van der Waals surface area contributed by atoms with Crippen LogP contribution < -0.4 is 10.3 Å². The first-order valence-electron chi connectivity index (χ1n) is 10.4. The Labute approximate surface area is 202 Å². The summed E-state index contributed by atoms with van der Waals surface area (Å²) in [6, 6.07) is 20.2. The topological polar surface area (TPSA) is 126 Å². The number of hydrogen-bond donors (Lipinski definition) is 0. The average Bonchev–Trinajstić information content (AvgIpc) is 3.37. The highest BCUT2D eigenvalue weighted by Gasteiger charge is 2.16. The normalized spacial score (nSPS) is 11.0. The van der Waals surface area contributed by atoms with Crippen LogP contribution in [0, 0.1) is 10.1 Å². The molecule has 0 N–H and O–H groups in total. The van der Waals surface area contributed by atoms with E-state index in [2.05, 4.69) is 10.1 Å². The molecule has 35 heavy (non-hydrogen) atoms. The molecular formula is C24H17N5O5S. The number of thioether (sulfide) groups is 1. The molecule has 0 bridgehead atoms. The van der Waals surface area contributed by atoms with Gasteiger partial charge in [0, 0.05) is 23.8 Å². The largest absolute Gasteiger partial charge is 0.497 e. The highest BCUT2D eigenvalue weighted by molar-refractivity contribution is 7.98. The molecule has 0 aliphatic carbocycles. The fourth-order valence-electron chi connectivity index (χ4n) is 3.48. The van der Waals surface area contributed by atoms with E-state index in [4.69, 9.17) is 14.2 Å². The molecule has 0 atom stereocenters. The van der Waals surface area contributed by atoms with Crippen molar-refractivity contribution in [1.29, 1.82) is 0 Å². The van der Waals surface area contributed by atoms with E-state index in [1.807, 2.05) is 12.1 Å². The Balaban J connectivity index is 1.47. The number of rotatable bonds is 7. The molecule has 174 valence electrons. The van der Waals surface area contributed by atoms with Gasteiger partial charge in [0.15, 0.2) is 5.16 Å². The van der Waals surface area contributed by atoms with Crippen molar-refractivity contribution in [2.75, 3.05) is 7.11 Å². The zero-order valence-corrected chi connectivity index (χ0v) is 19.1. The molecular weight excluding hydrogens is 470 g/mol. The minimum atomic E-state index is -0.472. The number of nitro benzene ring substituents is 1. The molecule has 0 spiro atoms. The van der Waals surface area contributed by atoms with Crippen LogP contribution in [0.1, 0.15) is 5.89 Å². The number of benzene rings is 3. The van der Waals surface area contributed by atoms with Gasteiger partial charge in [-0.1, -0.05) is 35.1 Å². The summed E-state index contributed by atoms with van der Waals surface area (Å²) in [5.41, 5.74) is 1.56. The summed E-state index contributed by atoms with van der Waals surface area (Å²) >= 11 is 1.28. The molecule has 0 unspecified atom stereocenters. The molecule has 11 heteroatoms. The van der Waals surface area contributed by atoms with Crippen LogP contribution in [-0.4, -0.2) is 31.7 Å². The van der Waals surface area contributed by atoms with Crippen molar-refractivity contribution in [3.05, 3.63) is 99.2 Å². The van der Waals surface area contributed by atoms with Gasteiger partial charge in [-0.25, -0.2) is 4.98 Å². The molecule has 0 fully saturated rings. The van der Waals surface area contributed by atoms with Gasteiger partial charge in [-0.05, 0) is 36.4 Å². The van der Waals surface area contributed by atoms with Gasteiger partial charge in [-0.3, -0.25) is 19.5 Å². The number of non-ortho nitro benzene ring substituents is 1. The lowest BCUT2D eigenvalue weighted by Crippen LogP contribution is -2.21. The third-order valence-electron chi connectivity index (χ3n) is 5.19. The van der Waals surface area contributed by atoms with Gasteiger partial charge in [0.2, 0.25) is 11.7 Å². The molecule has 0 amide bonds. The summed E-state index contributed by atoms with van der Waals surface area (Å²) in [6.07, 6.45) is 0. The molecule has 0 saturated heterocycles. The Bertz CT molecular complexity index is 1600. The fraction of sp³-hybridized carbons (Fsp3) is 0.0833. The van der Waals surface area contributed by atoms with Gasteiger partial charge in [-0.2, -0.15) is 4.98 Å². The van der Waals surface area contributed by atoms with Crippen LogP contribution in [-0.2, 0) is 5.75 Å². The maximum atomic E-state index is 13.4. The molecule has 0 saturated carbocycles. The van der Waals surface area contributed by atoms with Crippen LogP contribution in [0.15, 0.2) is 87.3 Å². The first-order chi connectivity index (χ1) is 17.0. The lowest BCUT2D eigenvalue weighted by Gasteiger charge is -2.13. The second-order valence-corrected chi connectivity index (χ2v) is 8.30. The lowest BCUT2D eigenvalue weighted by molar-refractivity contribution is -0.384. The Hall–Kier alpha value is -4.51. The third-order valence-corrected chi connectivity index (χ3v) is 6.11. The van der Waals surface area contributed by atoms with Gasteiger partial charge >= 0.3 is 0 Å². The van der Waals surface area contributed by atoms with Crippen LogP contribution >= 0.6 is 11.8 Å². The Morgan fingerprint density at radius 1 is 1.06 bits per heavy atom. The van der Waals surface area contributed by atoms with E-state index in [1.54, 1.807) is 55.6 Å². The summed E-state index contributed by atoms with van der Waals surface area (Å²) in [5.74, 6) is 1.51. The number of ether oxygens (including phenoxy) is 1. The van der Waals surface area contributed by atoms with Crippen molar-refractivity contribution >= 4 is 28.4 Å². The van der Waals surface area contributed by atoms with Crippen molar-refractivity contribution in [2.45, 2.75) is 10.9 Å². The first kappa shape index (κ1) is 22.3.